The summed E-state index contributed by atoms with van der Waals surface area (Å²) < 4.78 is 18.6. The van der Waals surface area contributed by atoms with Crippen LogP contribution in [0.1, 0.15) is 19.3 Å². The van der Waals surface area contributed by atoms with Gasteiger partial charge in [0.05, 0.1) is 24.6 Å². The number of carboxylic acid groups (broad SMARTS) is 2. The number of halogens is 1. The van der Waals surface area contributed by atoms with E-state index in [2.05, 4.69) is 27.6 Å². The molecule has 0 aromatic heterocycles. The Labute approximate surface area is 174 Å². The van der Waals surface area contributed by atoms with E-state index in [4.69, 9.17) is 24.5 Å². The van der Waals surface area contributed by atoms with Crippen LogP contribution < -0.4 is 10.4 Å². The molecule has 1 atom stereocenters. The topological polar surface area (TPSA) is 102 Å². The molecule has 30 heavy (non-hydrogen) atoms. The van der Waals surface area contributed by atoms with Crippen LogP contribution in [0.3, 0.4) is 0 Å². The molecule has 1 aromatic carbocycles. The van der Waals surface area contributed by atoms with E-state index in [1.54, 1.807) is 0 Å². The van der Waals surface area contributed by atoms with Crippen molar-refractivity contribution >= 4 is 17.6 Å². The molecule has 4 rings (SSSR count). The minimum atomic E-state index is -1.82. The summed E-state index contributed by atoms with van der Waals surface area (Å²) in [5.41, 5.74) is 6.95. The third-order valence-electron chi connectivity index (χ3n) is 5.34. The van der Waals surface area contributed by atoms with Crippen LogP contribution in [0.5, 0.6) is 0 Å². The smallest absolute Gasteiger partial charge is 0.414 e. The zero-order chi connectivity index (χ0) is 21.5. The molecule has 2 aliphatic heterocycles. The predicted octanol–water partition coefficient (Wildman–Crippen LogP) is 2.21. The van der Waals surface area contributed by atoms with Gasteiger partial charge in [-0.05, 0) is 61.6 Å². The van der Waals surface area contributed by atoms with Crippen molar-refractivity contribution in [1.82, 2.24) is 10.3 Å². The van der Waals surface area contributed by atoms with Crippen molar-refractivity contribution < 1.29 is 28.9 Å². The van der Waals surface area contributed by atoms with E-state index in [9.17, 15) is 4.39 Å². The maximum Gasteiger partial charge on any atom is 0.414 e. The summed E-state index contributed by atoms with van der Waals surface area (Å²) in [6.07, 6.45) is 7.90. The van der Waals surface area contributed by atoms with Crippen molar-refractivity contribution in [2.24, 2.45) is 5.92 Å². The number of morpholine rings is 1. The van der Waals surface area contributed by atoms with Crippen LogP contribution in [0.25, 0.3) is 0 Å². The molecule has 1 aromatic rings. The summed E-state index contributed by atoms with van der Waals surface area (Å²) >= 11 is 0. The number of nitrogens with zero attached hydrogens (tertiary/aromatic N) is 2. The number of hydrogen-bond acceptors (Lipinski definition) is 6. The minimum absolute atomic E-state index is 0.202. The SMILES string of the molecule is Fc1ccc(N2NC=C3C2=CCCC3CCN2CCOCC2)cc1.O=C(O)C(=O)O. The van der Waals surface area contributed by atoms with Crippen LogP contribution in [0.2, 0.25) is 0 Å². The lowest BCUT2D eigenvalue weighted by molar-refractivity contribution is -0.159. The molecule has 8 nitrogen and oxygen atoms in total. The number of hydrazine groups is 1. The van der Waals surface area contributed by atoms with Crippen molar-refractivity contribution in [3.63, 3.8) is 0 Å². The quantitative estimate of drug-likeness (QED) is 0.639. The van der Waals surface area contributed by atoms with Crippen LogP contribution in [0, 0.1) is 11.7 Å². The summed E-state index contributed by atoms with van der Waals surface area (Å²) in [4.78, 5) is 20.7. The third-order valence-corrected chi connectivity index (χ3v) is 5.34. The Balaban J connectivity index is 0.000000377. The zero-order valence-electron chi connectivity index (χ0n) is 16.6. The summed E-state index contributed by atoms with van der Waals surface area (Å²) in [6.45, 7) is 4.95. The van der Waals surface area contributed by atoms with Gasteiger partial charge in [-0.3, -0.25) is 9.91 Å². The van der Waals surface area contributed by atoms with E-state index < -0.39 is 11.9 Å². The van der Waals surface area contributed by atoms with Gasteiger partial charge in [0.15, 0.2) is 0 Å². The van der Waals surface area contributed by atoms with Gasteiger partial charge in [-0.2, -0.15) is 0 Å². The van der Waals surface area contributed by atoms with Crippen LogP contribution in [0.4, 0.5) is 10.1 Å². The fraction of sp³-hybridized carbons (Fsp3) is 0.429. The summed E-state index contributed by atoms with van der Waals surface area (Å²) in [6, 6.07) is 6.65. The largest absolute Gasteiger partial charge is 0.473 e. The summed E-state index contributed by atoms with van der Waals surface area (Å²) in [7, 11) is 0. The number of ether oxygens (including phenoxy) is 1. The van der Waals surface area contributed by atoms with Gasteiger partial charge in [-0.25, -0.2) is 14.0 Å². The Morgan fingerprint density at radius 3 is 2.43 bits per heavy atom. The van der Waals surface area contributed by atoms with Crippen LogP contribution >= 0.6 is 0 Å². The molecule has 3 aliphatic rings. The van der Waals surface area contributed by atoms with Crippen molar-refractivity contribution in [2.45, 2.75) is 19.3 Å². The van der Waals surface area contributed by atoms with Crippen LogP contribution in [-0.4, -0.2) is 59.9 Å². The highest BCUT2D eigenvalue weighted by atomic mass is 19.1. The molecule has 2 heterocycles. The van der Waals surface area contributed by atoms with E-state index in [1.165, 1.54) is 36.2 Å². The Kier molecular flexibility index (Phi) is 7.42. The molecule has 1 unspecified atom stereocenters. The minimum Gasteiger partial charge on any atom is -0.473 e. The lowest BCUT2D eigenvalue weighted by atomic mass is 9.85. The van der Waals surface area contributed by atoms with Gasteiger partial charge in [0.1, 0.15) is 5.82 Å². The molecule has 1 aliphatic carbocycles. The monoisotopic (exact) mass is 419 g/mol. The maximum atomic E-state index is 13.2. The van der Waals surface area contributed by atoms with Gasteiger partial charge >= 0.3 is 11.9 Å². The van der Waals surface area contributed by atoms with E-state index >= 15 is 0 Å². The van der Waals surface area contributed by atoms with Gasteiger partial charge < -0.3 is 20.4 Å². The molecule has 0 saturated carbocycles. The number of benzene rings is 1. The standard InChI is InChI=1S/C19H24FN3O.C2H2O4/c20-16-4-6-17(7-5-16)23-19-3-1-2-15(18(19)14-21-23)8-9-22-10-12-24-13-11-22;3-1(4)2(5)6/h3-7,14-15,21H,1-2,8-13H2;(H,3,4)(H,5,6). The number of anilines is 1. The van der Waals surface area contributed by atoms with Gasteiger partial charge in [0, 0.05) is 19.3 Å². The van der Waals surface area contributed by atoms with Gasteiger partial charge in [0.25, 0.3) is 0 Å². The first kappa shape index (κ1) is 21.8. The third kappa shape index (κ3) is 5.58. The molecule has 1 saturated heterocycles. The number of carbonyl (C=O) groups is 2. The number of rotatable bonds is 4. The Morgan fingerprint density at radius 2 is 1.80 bits per heavy atom. The molecule has 0 amide bonds. The first-order valence-electron chi connectivity index (χ1n) is 9.94. The van der Waals surface area contributed by atoms with E-state index in [1.807, 2.05) is 12.1 Å². The highest BCUT2D eigenvalue weighted by Gasteiger charge is 2.30. The number of nitrogens with one attached hydrogen (secondary N) is 1. The molecular weight excluding hydrogens is 393 g/mol. The Morgan fingerprint density at radius 1 is 1.13 bits per heavy atom. The second kappa shape index (κ2) is 10.2. The molecule has 3 N–H and O–H groups in total. The van der Waals surface area contributed by atoms with E-state index in [0.717, 1.165) is 45.0 Å². The zero-order valence-corrected chi connectivity index (χ0v) is 16.6. The second-order valence-electron chi connectivity index (χ2n) is 7.26. The summed E-state index contributed by atoms with van der Waals surface area (Å²) in [5, 5.41) is 16.8. The molecule has 1 fully saturated rings. The predicted molar refractivity (Wildman–Crippen MR) is 108 cm³/mol. The fourth-order valence-electron chi connectivity index (χ4n) is 3.79. The normalized spacial score (nSPS) is 20.8. The first-order valence-corrected chi connectivity index (χ1v) is 9.94. The number of allylic oxidation sites excluding steroid dienone is 2. The summed E-state index contributed by atoms with van der Waals surface area (Å²) in [5.74, 6) is -3.26. The number of hydrogen-bond donors (Lipinski definition) is 3. The number of aliphatic carboxylic acids is 2. The molecule has 9 heteroatoms. The fourth-order valence-corrected chi connectivity index (χ4v) is 3.79. The molecular formula is C21H26FN3O5. The van der Waals surface area contributed by atoms with Crippen molar-refractivity contribution in [2.75, 3.05) is 37.9 Å². The number of carboxylic acids is 2. The van der Waals surface area contributed by atoms with Crippen molar-refractivity contribution in [3.8, 4) is 0 Å². The van der Waals surface area contributed by atoms with Crippen LogP contribution in [0.15, 0.2) is 47.8 Å². The molecule has 0 bridgehead atoms. The van der Waals surface area contributed by atoms with Gasteiger partial charge in [-0.15, -0.1) is 0 Å². The lowest BCUT2D eigenvalue weighted by Gasteiger charge is -2.31. The van der Waals surface area contributed by atoms with Crippen molar-refractivity contribution in [3.05, 3.63) is 53.6 Å². The Bertz CT molecular complexity index is 806. The van der Waals surface area contributed by atoms with E-state index in [0.29, 0.717) is 5.92 Å². The highest BCUT2D eigenvalue weighted by Crippen LogP contribution is 2.38. The van der Waals surface area contributed by atoms with Gasteiger partial charge in [-0.1, -0.05) is 6.08 Å². The molecule has 0 radical (unpaired) electrons. The van der Waals surface area contributed by atoms with E-state index in [-0.39, 0.29) is 5.82 Å². The van der Waals surface area contributed by atoms with Crippen LogP contribution in [-0.2, 0) is 14.3 Å². The highest BCUT2D eigenvalue weighted by molar-refractivity contribution is 6.27. The van der Waals surface area contributed by atoms with Gasteiger partial charge in [0.2, 0.25) is 0 Å². The second-order valence-corrected chi connectivity index (χ2v) is 7.26. The molecule has 162 valence electrons. The average molecular weight is 419 g/mol. The first-order chi connectivity index (χ1) is 14.5. The maximum absolute atomic E-state index is 13.2. The number of fused-ring (bicyclic) bond motifs is 1. The molecule has 0 spiro atoms. The average Bonchev–Trinajstić information content (AvgIpc) is 3.19. The Hall–Kier alpha value is -2.91. The lowest BCUT2D eigenvalue weighted by Crippen LogP contribution is -2.37. The van der Waals surface area contributed by atoms with Crippen molar-refractivity contribution in [1.29, 1.82) is 0 Å².